The molecule has 0 aromatic heterocycles. The highest BCUT2D eigenvalue weighted by molar-refractivity contribution is 5.69. The molecule has 0 N–H and O–H groups in total. The second kappa shape index (κ2) is 38.0. The van der Waals surface area contributed by atoms with Crippen LogP contribution in [0.15, 0.2) is 24.3 Å². The Labute approximate surface area is 265 Å². The van der Waals surface area contributed by atoms with Crippen LogP contribution in [0.1, 0.15) is 219 Å². The molecular formula is C40H76O2. The number of hydrogen-bond acceptors (Lipinski definition) is 2. The van der Waals surface area contributed by atoms with E-state index in [1.165, 1.54) is 186 Å². The maximum absolute atomic E-state index is 11.9. The summed E-state index contributed by atoms with van der Waals surface area (Å²) in [6.45, 7) is 5.18. The summed E-state index contributed by atoms with van der Waals surface area (Å²) in [5.74, 6) is 0.0183. The van der Waals surface area contributed by atoms with Gasteiger partial charge >= 0.3 is 5.97 Å². The number of carbonyl (C=O) groups is 1. The summed E-state index contributed by atoms with van der Waals surface area (Å²) >= 11 is 0. The van der Waals surface area contributed by atoms with E-state index in [9.17, 15) is 4.79 Å². The summed E-state index contributed by atoms with van der Waals surface area (Å²) in [5.41, 5.74) is 0. The van der Waals surface area contributed by atoms with Crippen LogP contribution >= 0.6 is 0 Å². The first-order valence-electron chi connectivity index (χ1n) is 19.3. The predicted molar refractivity (Wildman–Crippen MR) is 188 cm³/mol. The van der Waals surface area contributed by atoms with E-state index in [0.29, 0.717) is 13.0 Å². The molecule has 0 aliphatic rings. The molecule has 0 saturated carbocycles. The van der Waals surface area contributed by atoms with E-state index in [-0.39, 0.29) is 5.97 Å². The smallest absolute Gasteiger partial charge is 0.305 e. The van der Waals surface area contributed by atoms with Crippen molar-refractivity contribution < 1.29 is 9.53 Å². The Morgan fingerprint density at radius 2 is 0.667 bits per heavy atom. The summed E-state index contributed by atoms with van der Waals surface area (Å²) in [4.78, 5) is 11.9. The van der Waals surface area contributed by atoms with E-state index in [1.807, 2.05) is 0 Å². The fourth-order valence-corrected chi connectivity index (χ4v) is 5.65. The van der Waals surface area contributed by atoms with E-state index >= 15 is 0 Å². The van der Waals surface area contributed by atoms with Crippen molar-refractivity contribution in [2.45, 2.75) is 219 Å². The van der Waals surface area contributed by atoms with E-state index in [1.54, 1.807) is 0 Å². The number of carbonyl (C=O) groups excluding carboxylic acids is 1. The highest BCUT2D eigenvalue weighted by atomic mass is 16.5. The Kier molecular flexibility index (Phi) is 37.0. The predicted octanol–water partition coefficient (Wildman–Crippen LogP) is 14.2. The maximum Gasteiger partial charge on any atom is 0.305 e. The van der Waals surface area contributed by atoms with Crippen LogP contribution in [0.5, 0.6) is 0 Å². The fraction of sp³-hybridized carbons (Fsp3) is 0.875. The summed E-state index contributed by atoms with van der Waals surface area (Å²) in [6.07, 6.45) is 51.1. The van der Waals surface area contributed by atoms with Gasteiger partial charge in [0.15, 0.2) is 0 Å². The average molecular weight is 589 g/mol. The lowest BCUT2D eigenvalue weighted by Crippen LogP contribution is -2.05. The lowest BCUT2D eigenvalue weighted by molar-refractivity contribution is -0.143. The van der Waals surface area contributed by atoms with Gasteiger partial charge in [-0.2, -0.15) is 0 Å². The number of esters is 1. The molecule has 0 aromatic rings. The minimum atomic E-state index is 0.0183. The first kappa shape index (κ1) is 41.0. The third kappa shape index (κ3) is 37.0. The standard InChI is InChI=1S/C40H76O2/c1-3-5-7-9-11-13-15-17-19-20-21-22-23-24-25-26-28-30-32-34-36-38-40(41)42-39-37-35-33-31-29-27-18-16-14-12-10-8-6-4-2/h14,16-17,19H,3-13,15,18,20-39H2,1-2H3/b16-14-,19-17-. The highest BCUT2D eigenvalue weighted by Crippen LogP contribution is 2.14. The molecule has 0 radical (unpaired) electrons. The topological polar surface area (TPSA) is 26.3 Å². The third-order valence-electron chi connectivity index (χ3n) is 8.56. The number of unbranched alkanes of at least 4 members (excludes halogenated alkanes) is 27. The number of ether oxygens (including phenoxy) is 1. The van der Waals surface area contributed by atoms with E-state index < -0.39 is 0 Å². The monoisotopic (exact) mass is 589 g/mol. The van der Waals surface area contributed by atoms with Crippen molar-refractivity contribution in [1.29, 1.82) is 0 Å². The summed E-state index contributed by atoms with van der Waals surface area (Å²) in [5, 5.41) is 0. The van der Waals surface area contributed by atoms with Gasteiger partial charge in [0.25, 0.3) is 0 Å². The van der Waals surface area contributed by atoms with E-state index in [2.05, 4.69) is 38.2 Å². The van der Waals surface area contributed by atoms with Gasteiger partial charge in [-0.1, -0.05) is 173 Å². The molecule has 0 unspecified atom stereocenters. The van der Waals surface area contributed by atoms with Crippen LogP contribution in [-0.4, -0.2) is 12.6 Å². The van der Waals surface area contributed by atoms with Crippen molar-refractivity contribution in [3.63, 3.8) is 0 Å². The van der Waals surface area contributed by atoms with Crippen LogP contribution in [0.2, 0.25) is 0 Å². The first-order chi connectivity index (χ1) is 20.8. The number of hydrogen-bond donors (Lipinski definition) is 0. The molecule has 248 valence electrons. The molecule has 0 rings (SSSR count). The van der Waals surface area contributed by atoms with Crippen LogP contribution in [-0.2, 0) is 9.53 Å². The van der Waals surface area contributed by atoms with Gasteiger partial charge in [-0.15, -0.1) is 0 Å². The molecule has 42 heavy (non-hydrogen) atoms. The van der Waals surface area contributed by atoms with Gasteiger partial charge in [-0.25, -0.2) is 0 Å². The molecule has 2 heteroatoms. The molecule has 0 saturated heterocycles. The fourth-order valence-electron chi connectivity index (χ4n) is 5.65. The Morgan fingerprint density at radius 3 is 1.05 bits per heavy atom. The molecule has 0 atom stereocenters. The molecule has 0 fully saturated rings. The summed E-state index contributed by atoms with van der Waals surface area (Å²) in [6, 6.07) is 0. The third-order valence-corrected chi connectivity index (χ3v) is 8.56. The molecule has 0 spiro atoms. The van der Waals surface area contributed by atoms with Crippen LogP contribution in [0.3, 0.4) is 0 Å². The molecule has 0 aromatic carbocycles. The summed E-state index contributed by atoms with van der Waals surface area (Å²) in [7, 11) is 0. The van der Waals surface area contributed by atoms with E-state index in [4.69, 9.17) is 4.74 Å². The van der Waals surface area contributed by atoms with Crippen molar-refractivity contribution in [2.24, 2.45) is 0 Å². The molecule has 0 aliphatic heterocycles. The van der Waals surface area contributed by atoms with Crippen molar-refractivity contribution in [1.82, 2.24) is 0 Å². The zero-order chi connectivity index (χ0) is 30.4. The van der Waals surface area contributed by atoms with Gasteiger partial charge in [0, 0.05) is 6.42 Å². The lowest BCUT2D eigenvalue weighted by atomic mass is 10.0. The Hall–Kier alpha value is -1.05. The second-order valence-electron chi connectivity index (χ2n) is 12.9. The van der Waals surface area contributed by atoms with Crippen molar-refractivity contribution in [2.75, 3.05) is 6.61 Å². The quantitative estimate of drug-likeness (QED) is 0.0418. The maximum atomic E-state index is 11.9. The summed E-state index contributed by atoms with van der Waals surface area (Å²) < 4.78 is 5.44. The van der Waals surface area contributed by atoms with Gasteiger partial charge in [0.1, 0.15) is 0 Å². The molecule has 2 nitrogen and oxygen atoms in total. The molecular weight excluding hydrogens is 512 g/mol. The van der Waals surface area contributed by atoms with Crippen LogP contribution in [0.4, 0.5) is 0 Å². The van der Waals surface area contributed by atoms with Crippen LogP contribution < -0.4 is 0 Å². The lowest BCUT2D eigenvalue weighted by Gasteiger charge is -2.05. The average Bonchev–Trinajstić information content (AvgIpc) is 3.00. The van der Waals surface area contributed by atoms with Crippen molar-refractivity contribution >= 4 is 5.97 Å². The molecule has 0 amide bonds. The molecule has 0 bridgehead atoms. The van der Waals surface area contributed by atoms with Gasteiger partial charge in [-0.05, 0) is 64.2 Å². The van der Waals surface area contributed by atoms with Gasteiger partial charge in [0.2, 0.25) is 0 Å². The first-order valence-corrected chi connectivity index (χ1v) is 19.3. The molecule has 0 heterocycles. The van der Waals surface area contributed by atoms with Crippen LogP contribution in [0.25, 0.3) is 0 Å². The zero-order valence-corrected chi connectivity index (χ0v) is 29.0. The van der Waals surface area contributed by atoms with Crippen molar-refractivity contribution in [3.05, 3.63) is 24.3 Å². The van der Waals surface area contributed by atoms with Gasteiger partial charge in [0.05, 0.1) is 6.61 Å². The minimum Gasteiger partial charge on any atom is -0.466 e. The SMILES string of the molecule is CCCCCC/C=C\CCCCCCCCOC(=O)CCCCCCCCCCCCC/C=C\CCCCCCCC. The largest absolute Gasteiger partial charge is 0.466 e. The van der Waals surface area contributed by atoms with E-state index in [0.717, 1.165) is 12.8 Å². The van der Waals surface area contributed by atoms with Crippen molar-refractivity contribution in [3.8, 4) is 0 Å². The Morgan fingerprint density at radius 1 is 0.381 bits per heavy atom. The second-order valence-corrected chi connectivity index (χ2v) is 12.9. The highest BCUT2D eigenvalue weighted by Gasteiger charge is 2.02. The Bertz CT molecular complexity index is 564. The zero-order valence-electron chi connectivity index (χ0n) is 29.0. The minimum absolute atomic E-state index is 0.0183. The van der Waals surface area contributed by atoms with Crippen LogP contribution in [0, 0.1) is 0 Å². The number of rotatable bonds is 35. The van der Waals surface area contributed by atoms with Gasteiger partial charge < -0.3 is 4.74 Å². The number of allylic oxidation sites excluding steroid dienone is 4. The Balaban J connectivity index is 3.20. The normalized spacial score (nSPS) is 11.8. The van der Waals surface area contributed by atoms with Gasteiger partial charge in [-0.3, -0.25) is 4.79 Å². The molecule has 0 aliphatic carbocycles.